The highest BCUT2D eigenvalue weighted by Gasteiger charge is 2.22. The fraction of sp³-hybridized carbons (Fsp3) is 0. The van der Waals surface area contributed by atoms with Crippen LogP contribution in [0.15, 0.2) is 65.5 Å². The number of benzene rings is 3. The highest BCUT2D eigenvalue weighted by Crippen LogP contribution is 2.36. The van der Waals surface area contributed by atoms with E-state index in [-0.39, 0.29) is 5.56 Å². The maximum absolute atomic E-state index is 12.7. The van der Waals surface area contributed by atoms with Crippen LogP contribution in [0.4, 0.5) is 0 Å². The van der Waals surface area contributed by atoms with E-state index in [0.29, 0.717) is 38.3 Å². The molecule has 0 radical (unpaired) electrons. The largest absolute Gasteiger partial charge is 0.304 e. The van der Waals surface area contributed by atoms with E-state index in [4.69, 9.17) is 11.6 Å². The Morgan fingerprint density at radius 2 is 1.81 bits per heavy atom. The van der Waals surface area contributed by atoms with Crippen molar-refractivity contribution in [1.29, 1.82) is 5.26 Å². The number of nitriles is 1. The van der Waals surface area contributed by atoms with Gasteiger partial charge < -0.3 is 4.98 Å². The topological polar surface area (TPSA) is 99.7 Å². The van der Waals surface area contributed by atoms with E-state index in [0.717, 1.165) is 16.3 Å². The van der Waals surface area contributed by atoms with Gasteiger partial charge in [-0.05, 0) is 17.5 Å². The minimum atomic E-state index is -0.531. The summed E-state index contributed by atoms with van der Waals surface area (Å²) in [6, 6.07) is 20.9. The normalized spacial score (nSPS) is 11.5. The van der Waals surface area contributed by atoms with Gasteiger partial charge in [0.1, 0.15) is 17.1 Å². The van der Waals surface area contributed by atoms with Crippen LogP contribution in [0.3, 0.4) is 0 Å². The molecular weight excluding hydrogens is 412 g/mol. The second-order valence-corrected chi connectivity index (χ2v) is 7.52. The van der Waals surface area contributed by atoms with Gasteiger partial charge in [-0.3, -0.25) is 4.79 Å². The number of rotatable bonds is 1. The van der Waals surface area contributed by atoms with E-state index < -0.39 is 5.56 Å². The second-order valence-electron chi connectivity index (χ2n) is 7.11. The Bertz CT molecular complexity index is 1790. The molecule has 0 spiro atoms. The van der Waals surface area contributed by atoms with Crippen molar-refractivity contribution in [2.75, 3.05) is 0 Å². The maximum Gasteiger partial charge on any atom is 0.268 e. The molecule has 0 bridgehead atoms. The van der Waals surface area contributed by atoms with Crippen molar-refractivity contribution in [1.82, 2.24) is 24.8 Å². The van der Waals surface area contributed by atoms with Gasteiger partial charge in [-0.25, -0.2) is 4.52 Å². The first-order valence-electron chi connectivity index (χ1n) is 9.45. The summed E-state index contributed by atoms with van der Waals surface area (Å²) in [6.45, 7) is 0. The highest BCUT2D eigenvalue weighted by atomic mass is 35.5. The van der Waals surface area contributed by atoms with Crippen LogP contribution < -0.4 is 5.56 Å². The van der Waals surface area contributed by atoms with Gasteiger partial charge in [0.05, 0.1) is 10.9 Å². The SMILES string of the molecule is N#Cc1c(-c2ccccc2Cl)c2c(nn3c4ccc5ccccc5c4nnc23)[nH]c1=O. The Hall–Kier alpha value is -4.28. The predicted molar refractivity (Wildman–Crippen MR) is 119 cm³/mol. The lowest BCUT2D eigenvalue weighted by Gasteiger charge is -2.08. The average Bonchev–Trinajstić information content (AvgIpc) is 3.16. The van der Waals surface area contributed by atoms with E-state index >= 15 is 0 Å². The fourth-order valence-corrected chi connectivity index (χ4v) is 4.28. The molecule has 0 saturated carbocycles. The minimum Gasteiger partial charge on any atom is -0.304 e. The van der Waals surface area contributed by atoms with Crippen molar-refractivity contribution < 1.29 is 0 Å². The minimum absolute atomic E-state index is 0.0455. The molecule has 3 aromatic carbocycles. The Labute approximate surface area is 179 Å². The highest BCUT2D eigenvalue weighted by molar-refractivity contribution is 6.34. The van der Waals surface area contributed by atoms with E-state index in [1.807, 2.05) is 42.5 Å². The number of aromatic amines is 1. The van der Waals surface area contributed by atoms with Crippen molar-refractivity contribution in [3.63, 3.8) is 0 Å². The summed E-state index contributed by atoms with van der Waals surface area (Å²) in [6.07, 6.45) is 0. The molecule has 146 valence electrons. The first-order chi connectivity index (χ1) is 15.2. The standard InChI is InChI=1S/C23H11ClN6O/c24-16-8-4-3-7-14(16)18-15(11-25)23(31)26-21-19(18)22-28-27-20-13-6-2-1-5-12(13)9-10-17(20)30(22)29-21/h1-10H,(H,26,29,31). The van der Waals surface area contributed by atoms with Crippen LogP contribution in [0, 0.1) is 11.3 Å². The quantitative estimate of drug-likeness (QED) is 0.394. The first-order valence-corrected chi connectivity index (χ1v) is 9.83. The van der Waals surface area contributed by atoms with Gasteiger partial charge >= 0.3 is 0 Å². The zero-order valence-electron chi connectivity index (χ0n) is 15.8. The molecule has 6 aromatic rings. The average molecular weight is 423 g/mol. The van der Waals surface area contributed by atoms with Gasteiger partial charge in [-0.2, -0.15) is 5.26 Å². The molecule has 6 rings (SSSR count). The van der Waals surface area contributed by atoms with E-state index in [2.05, 4.69) is 20.3 Å². The zero-order chi connectivity index (χ0) is 21.1. The van der Waals surface area contributed by atoms with Crippen molar-refractivity contribution in [3.8, 4) is 17.2 Å². The third-order valence-electron chi connectivity index (χ3n) is 5.43. The molecule has 1 N–H and O–H groups in total. The van der Waals surface area contributed by atoms with Crippen LogP contribution >= 0.6 is 11.6 Å². The number of hydrogen-bond acceptors (Lipinski definition) is 5. The van der Waals surface area contributed by atoms with Gasteiger partial charge in [0.25, 0.3) is 5.56 Å². The molecule has 8 heteroatoms. The number of nitrogens with one attached hydrogen (secondary N) is 1. The van der Waals surface area contributed by atoms with Crippen molar-refractivity contribution in [2.24, 2.45) is 0 Å². The number of aromatic nitrogens is 5. The molecule has 3 aromatic heterocycles. The summed E-state index contributed by atoms with van der Waals surface area (Å²) in [4.78, 5) is 15.4. The van der Waals surface area contributed by atoms with Crippen molar-refractivity contribution in [2.45, 2.75) is 0 Å². The summed E-state index contributed by atoms with van der Waals surface area (Å²) < 4.78 is 1.65. The summed E-state index contributed by atoms with van der Waals surface area (Å²) >= 11 is 6.43. The van der Waals surface area contributed by atoms with Crippen molar-refractivity contribution >= 4 is 50.1 Å². The first kappa shape index (κ1) is 17.6. The molecule has 0 aliphatic rings. The lowest BCUT2D eigenvalue weighted by atomic mass is 9.98. The molecule has 0 saturated heterocycles. The summed E-state index contributed by atoms with van der Waals surface area (Å²) in [5.41, 5.74) is 2.56. The smallest absolute Gasteiger partial charge is 0.268 e. The molecular formula is C23H11ClN6O. The Kier molecular flexibility index (Phi) is 3.60. The molecule has 7 nitrogen and oxygen atoms in total. The van der Waals surface area contributed by atoms with E-state index in [9.17, 15) is 10.1 Å². The van der Waals surface area contributed by atoms with Crippen LogP contribution in [0.5, 0.6) is 0 Å². The molecule has 31 heavy (non-hydrogen) atoms. The van der Waals surface area contributed by atoms with Gasteiger partial charge in [0, 0.05) is 21.5 Å². The predicted octanol–water partition coefficient (Wildman–Crippen LogP) is 4.46. The van der Waals surface area contributed by atoms with Gasteiger partial charge in [-0.1, -0.05) is 60.1 Å². The third-order valence-corrected chi connectivity index (χ3v) is 5.76. The Morgan fingerprint density at radius 1 is 1.00 bits per heavy atom. The number of pyridine rings is 1. The number of H-pyrrole nitrogens is 1. The third kappa shape index (κ3) is 2.40. The Morgan fingerprint density at radius 3 is 2.65 bits per heavy atom. The number of halogens is 1. The van der Waals surface area contributed by atoms with Gasteiger partial charge in [0.2, 0.25) is 0 Å². The molecule has 3 heterocycles. The van der Waals surface area contributed by atoms with Crippen LogP contribution in [0.25, 0.3) is 49.6 Å². The van der Waals surface area contributed by atoms with Crippen molar-refractivity contribution in [3.05, 3.63) is 81.6 Å². The van der Waals surface area contributed by atoms with E-state index in [1.165, 1.54) is 0 Å². The molecule has 0 unspecified atom stereocenters. The van der Waals surface area contributed by atoms with E-state index in [1.54, 1.807) is 28.8 Å². The monoisotopic (exact) mass is 422 g/mol. The van der Waals surface area contributed by atoms with Crippen LogP contribution in [0.1, 0.15) is 5.56 Å². The Balaban J connectivity index is 1.85. The summed E-state index contributed by atoms with van der Waals surface area (Å²) in [5.74, 6) is 0. The fourth-order valence-electron chi connectivity index (χ4n) is 4.05. The molecule has 0 amide bonds. The van der Waals surface area contributed by atoms with Crippen LogP contribution in [0.2, 0.25) is 5.02 Å². The van der Waals surface area contributed by atoms with Crippen LogP contribution in [-0.4, -0.2) is 24.8 Å². The second kappa shape index (κ2) is 6.36. The molecule has 0 aliphatic carbocycles. The molecule has 0 fully saturated rings. The molecule has 0 aliphatic heterocycles. The lowest BCUT2D eigenvalue weighted by Crippen LogP contribution is -2.12. The van der Waals surface area contributed by atoms with Gasteiger partial charge in [0.15, 0.2) is 11.3 Å². The number of nitrogens with zero attached hydrogens (tertiary/aromatic N) is 5. The zero-order valence-corrected chi connectivity index (χ0v) is 16.6. The maximum atomic E-state index is 12.7. The summed E-state index contributed by atoms with van der Waals surface area (Å²) in [5, 5.41) is 26.2. The summed E-state index contributed by atoms with van der Waals surface area (Å²) in [7, 11) is 0. The number of fused-ring (bicyclic) bond motifs is 7. The number of hydrogen-bond donors (Lipinski definition) is 1. The van der Waals surface area contributed by atoms with Crippen LogP contribution in [-0.2, 0) is 0 Å². The molecule has 0 atom stereocenters. The lowest BCUT2D eigenvalue weighted by molar-refractivity contribution is 0.950. The van der Waals surface area contributed by atoms with Gasteiger partial charge in [-0.15, -0.1) is 15.3 Å².